The number of fused-ring (bicyclic) bond motifs is 4. The van der Waals surface area contributed by atoms with E-state index < -0.39 is 0 Å². The maximum Gasteiger partial charge on any atom is 0.237 e. The maximum absolute atomic E-state index is 12.9. The standard InChI is InChI=1S/C23H22N4OS/c1-14-10-15(2)18-12-16(3)22-24-25-23(27(22)20(18)11-14)29-13-21(28)26-9-8-17-6-4-5-7-19(17)26/h4-7,10-12H,8-9,13H2,1-3H3. The molecule has 4 aromatic rings. The second kappa shape index (κ2) is 6.88. The third-order valence-electron chi connectivity index (χ3n) is 5.61. The van der Waals surface area contributed by atoms with E-state index in [2.05, 4.69) is 59.6 Å². The molecule has 5 nitrogen and oxygen atoms in total. The van der Waals surface area contributed by atoms with E-state index in [4.69, 9.17) is 0 Å². The monoisotopic (exact) mass is 402 g/mol. The van der Waals surface area contributed by atoms with Gasteiger partial charge in [0.05, 0.1) is 11.3 Å². The summed E-state index contributed by atoms with van der Waals surface area (Å²) in [5.41, 5.74) is 7.75. The van der Waals surface area contributed by atoms with Crippen LogP contribution in [0.5, 0.6) is 0 Å². The Kier molecular flexibility index (Phi) is 4.32. The number of thioether (sulfide) groups is 1. The minimum atomic E-state index is 0.112. The summed E-state index contributed by atoms with van der Waals surface area (Å²) >= 11 is 1.46. The van der Waals surface area contributed by atoms with Crippen molar-refractivity contribution in [2.45, 2.75) is 32.3 Å². The first-order valence-electron chi connectivity index (χ1n) is 9.79. The third kappa shape index (κ3) is 2.99. The number of hydrogen-bond donors (Lipinski definition) is 0. The fourth-order valence-corrected chi connectivity index (χ4v) is 5.07. The van der Waals surface area contributed by atoms with E-state index in [1.165, 1.54) is 33.8 Å². The van der Waals surface area contributed by atoms with Crippen molar-refractivity contribution >= 4 is 39.9 Å². The van der Waals surface area contributed by atoms with E-state index >= 15 is 0 Å². The first-order chi connectivity index (χ1) is 14.0. The zero-order valence-corrected chi connectivity index (χ0v) is 17.6. The molecule has 0 unspecified atom stereocenters. The minimum Gasteiger partial charge on any atom is -0.311 e. The highest BCUT2D eigenvalue weighted by molar-refractivity contribution is 7.99. The largest absolute Gasteiger partial charge is 0.311 e. The molecule has 0 spiro atoms. The van der Waals surface area contributed by atoms with Crippen molar-refractivity contribution in [3.05, 3.63) is 64.7 Å². The Bertz CT molecular complexity index is 1280. The number of carbonyl (C=O) groups is 1. The van der Waals surface area contributed by atoms with Gasteiger partial charge in [-0.3, -0.25) is 9.20 Å². The number of para-hydroxylation sites is 1. The highest BCUT2D eigenvalue weighted by atomic mass is 32.2. The molecule has 0 fully saturated rings. The quantitative estimate of drug-likeness (QED) is 0.474. The molecule has 0 atom stereocenters. The third-order valence-corrected chi connectivity index (χ3v) is 6.52. The maximum atomic E-state index is 12.9. The molecule has 0 N–H and O–H groups in total. The van der Waals surface area contributed by atoms with E-state index in [0.29, 0.717) is 5.75 Å². The lowest BCUT2D eigenvalue weighted by Crippen LogP contribution is -2.30. The summed E-state index contributed by atoms with van der Waals surface area (Å²) < 4.78 is 2.10. The second-order valence-corrected chi connectivity index (χ2v) is 8.64. The molecule has 2 aromatic heterocycles. The Morgan fingerprint density at radius 3 is 2.76 bits per heavy atom. The summed E-state index contributed by atoms with van der Waals surface area (Å²) in [6.07, 6.45) is 0.919. The molecule has 6 heteroatoms. The molecule has 2 aromatic carbocycles. The summed E-state index contributed by atoms with van der Waals surface area (Å²) in [4.78, 5) is 14.8. The van der Waals surface area contributed by atoms with E-state index in [-0.39, 0.29) is 5.91 Å². The average molecular weight is 403 g/mol. The summed E-state index contributed by atoms with van der Waals surface area (Å²) in [7, 11) is 0. The van der Waals surface area contributed by atoms with Crippen molar-refractivity contribution in [3.8, 4) is 0 Å². The van der Waals surface area contributed by atoms with Crippen molar-refractivity contribution in [2.75, 3.05) is 17.2 Å². The minimum absolute atomic E-state index is 0.112. The number of amides is 1. The molecular weight excluding hydrogens is 380 g/mol. The van der Waals surface area contributed by atoms with Gasteiger partial charge in [0, 0.05) is 17.6 Å². The van der Waals surface area contributed by atoms with Crippen LogP contribution in [0.1, 0.15) is 22.3 Å². The molecule has 0 saturated carbocycles. The summed E-state index contributed by atoms with van der Waals surface area (Å²) in [6, 6.07) is 14.7. The number of aryl methyl sites for hydroxylation is 3. The van der Waals surface area contributed by atoms with Gasteiger partial charge >= 0.3 is 0 Å². The first-order valence-corrected chi connectivity index (χ1v) is 10.8. The van der Waals surface area contributed by atoms with Crippen molar-refractivity contribution in [3.63, 3.8) is 0 Å². The first kappa shape index (κ1) is 18.2. The van der Waals surface area contributed by atoms with Gasteiger partial charge < -0.3 is 4.90 Å². The fraction of sp³-hybridized carbons (Fsp3) is 0.261. The van der Waals surface area contributed by atoms with Gasteiger partial charge in [-0.2, -0.15) is 0 Å². The number of hydrogen-bond acceptors (Lipinski definition) is 4. The summed E-state index contributed by atoms with van der Waals surface area (Å²) in [5.74, 6) is 0.455. The van der Waals surface area contributed by atoms with Gasteiger partial charge in [0.1, 0.15) is 0 Å². The topological polar surface area (TPSA) is 50.5 Å². The zero-order chi connectivity index (χ0) is 20.1. The van der Waals surface area contributed by atoms with Gasteiger partial charge in [0.15, 0.2) is 10.8 Å². The molecule has 1 aliphatic heterocycles. The van der Waals surface area contributed by atoms with Crippen LogP contribution in [0.2, 0.25) is 0 Å². The lowest BCUT2D eigenvalue weighted by atomic mass is 10.0. The van der Waals surface area contributed by atoms with E-state index in [1.807, 2.05) is 23.1 Å². The van der Waals surface area contributed by atoms with Crippen LogP contribution in [0.3, 0.4) is 0 Å². The molecule has 3 heterocycles. The Morgan fingerprint density at radius 2 is 1.90 bits per heavy atom. The molecule has 0 aliphatic carbocycles. The molecule has 146 valence electrons. The Labute approximate surface area is 173 Å². The molecule has 1 amide bonds. The predicted octanol–water partition coefficient (Wildman–Crippen LogP) is 4.49. The molecule has 0 radical (unpaired) electrons. The number of anilines is 1. The van der Waals surface area contributed by atoms with Crippen LogP contribution < -0.4 is 4.90 Å². The normalized spacial score (nSPS) is 13.4. The van der Waals surface area contributed by atoms with Crippen LogP contribution in [0.25, 0.3) is 16.6 Å². The van der Waals surface area contributed by atoms with Crippen LogP contribution in [-0.4, -0.2) is 32.8 Å². The van der Waals surface area contributed by atoms with Gasteiger partial charge in [0.2, 0.25) is 5.91 Å². The van der Waals surface area contributed by atoms with Gasteiger partial charge in [0.25, 0.3) is 0 Å². The Balaban J connectivity index is 1.49. The van der Waals surface area contributed by atoms with Gasteiger partial charge in [-0.1, -0.05) is 36.0 Å². The van der Waals surface area contributed by atoms with Crippen LogP contribution in [0, 0.1) is 20.8 Å². The molecule has 0 saturated heterocycles. The number of benzene rings is 2. The highest BCUT2D eigenvalue weighted by Gasteiger charge is 2.24. The average Bonchev–Trinajstić information content (AvgIpc) is 3.32. The van der Waals surface area contributed by atoms with Crippen LogP contribution in [0.15, 0.2) is 47.6 Å². The lowest BCUT2D eigenvalue weighted by Gasteiger charge is -2.17. The van der Waals surface area contributed by atoms with Gasteiger partial charge in [-0.25, -0.2) is 0 Å². The summed E-state index contributed by atoms with van der Waals surface area (Å²) in [6.45, 7) is 7.04. The number of nitrogens with zero attached hydrogens (tertiary/aromatic N) is 4. The van der Waals surface area contributed by atoms with E-state index in [0.717, 1.165) is 40.5 Å². The zero-order valence-electron chi connectivity index (χ0n) is 16.8. The lowest BCUT2D eigenvalue weighted by molar-refractivity contribution is -0.116. The second-order valence-electron chi connectivity index (χ2n) is 7.70. The van der Waals surface area contributed by atoms with Crippen molar-refractivity contribution in [1.29, 1.82) is 0 Å². The number of aromatic nitrogens is 3. The van der Waals surface area contributed by atoms with Crippen molar-refractivity contribution in [2.24, 2.45) is 0 Å². The Morgan fingerprint density at radius 1 is 1.07 bits per heavy atom. The van der Waals surface area contributed by atoms with E-state index in [1.54, 1.807) is 0 Å². The predicted molar refractivity (Wildman–Crippen MR) is 118 cm³/mol. The number of rotatable bonds is 3. The van der Waals surface area contributed by atoms with Crippen LogP contribution >= 0.6 is 11.8 Å². The van der Waals surface area contributed by atoms with Crippen molar-refractivity contribution < 1.29 is 4.79 Å². The van der Waals surface area contributed by atoms with Crippen molar-refractivity contribution in [1.82, 2.24) is 14.6 Å². The SMILES string of the molecule is Cc1cc(C)c2cc(C)c3nnc(SCC(=O)N4CCc5ccccc54)n3c2c1. The molecule has 0 bridgehead atoms. The number of pyridine rings is 1. The van der Waals surface area contributed by atoms with Gasteiger partial charge in [-0.15, -0.1) is 10.2 Å². The summed E-state index contributed by atoms with van der Waals surface area (Å²) in [5, 5.41) is 10.8. The van der Waals surface area contributed by atoms with Crippen LogP contribution in [0.4, 0.5) is 5.69 Å². The molecule has 1 aliphatic rings. The number of carbonyl (C=O) groups excluding carboxylic acids is 1. The molecular formula is C23H22N4OS. The fourth-order valence-electron chi connectivity index (χ4n) is 4.25. The van der Waals surface area contributed by atoms with Gasteiger partial charge in [-0.05, 0) is 67.6 Å². The molecule has 5 rings (SSSR count). The van der Waals surface area contributed by atoms with E-state index in [9.17, 15) is 4.79 Å². The smallest absolute Gasteiger partial charge is 0.237 e. The Hall–Kier alpha value is -2.86. The molecule has 29 heavy (non-hydrogen) atoms. The van der Waals surface area contributed by atoms with Crippen LogP contribution in [-0.2, 0) is 11.2 Å². The highest BCUT2D eigenvalue weighted by Crippen LogP contribution is 2.31.